The maximum atomic E-state index is 15.5. The van der Waals surface area contributed by atoms with Crippen LogP contribution in [-0.4, -0.2) is 61.3 Å². The van der Waals surface area contributed by atoms with Crippen LogP contribution >= 0.6 is 11.3 Å². The largest absolute Gasteiger partial charge is 0.391 e. The number of β-amino-alcohol motifs (C(OH)–C–C–N with tert-alkyl or cyclic N) is 1. The van der Waals surface area contributed by atoms with Crippen LogP contribution in [0.4, 0.5) is 14.5 Å². The van der Waals surface area contributed by atoms with E-state index in [1.54, 1.807) is 18.2 Å². The molecule has 1 aromatic heterocycles. The van der Waals surface area contributed by atoms with Crippen molar-refractivity contribution in [2.75, 3.05) is 38.1 Å². The number of nitriles is 1. The number of likely N-dealkylation sites (tertiary alicyclic amines) is 1. The van der Waals surface area contributed by atoms with Crippen LogP contribution in [0.15, 0.2) is 42.5 Å². The Labute approximate surface area is 218 Å². The van der Waals surface area contributed by atoms with Gasteiger partial charge in [-0.1, -0.05) is 6.07 Å². The van der Waals surface area contributed by atoms with Gasteiger partial charge in [-0.25, -0.2) is 8.78 Å². The summed E-state index contributed by atoms with van der Waals surface area (Å²) in [6.07, 6.45) is 2.10. The standard InChI is InChI=1S/C28H28F2N4O2S/c1-32-19-3-2-9-34(15-19)28(36)26-13-23(17-4-5-18(14-31)24(29)11-17)27(37-26)22-7-6-20(12-25(22)30)33-10-8-21(35)16-33/h4-7,11-13,19,21,32,35H,2-3,8-10,15-16H2,1H3/t19-,21-/m1/s1. The number of carbonyl (C=O) groups is 1. The molecule has 2 saturated heterocycles. The molecule has 5 rings (SSSR count). The zero-order valence-electron chi connectivity index (χ0n) is 20.5. The van der Waals surface area contributed by atoms with E-state index in [9.17, 15) is 14.3 Å². The van der Waals surface area contributed by atoms with Crippen LogP contribution in [0.1, 0.15) is 34.5 Å². The molecule has 2 atom stereocenters. The van der Waals surface area contributed by atoms with Gasteiger partial charge in [0, 0.05) is 53.9 Å². The molecule has 2 aliphatic rings. The number of aliphatic hydroxyl groups is 1. The van der Waals surface area contributed by atoms with Gasteiger partial charge in [0.25, 0.3) is 5.91 Å². The van der Waals surface area contributed by atoms with Gasteiger partial charge < -0.3 is 20.2 Å². The van der Waals surface area contributed by atoms with Crippen molar-refractivity contribution in [2.24, 2.45) is 0 Å². The molecule has 37 heavy (non-hydrogen) atoms. The molecule has 2 N–H and O–H groups in total. The number of halogens is 2. The molecule has 0 saturated carbocycles. The molecule has 1 amide bonds. The fourth-order valence-corrected chi connectivity index (χ4v) is 6.27. The number of thiophene rings is 1. The highest BCUT2D eigenvalue weighted by Crippen LogP contribution is 2.42. The van der Waals surface area contributed by atoms with E-state index in [4.69, 9.17) is 5.26 Å². The van der Waals surface area contributed by atoms with Crippen LogP contribution < -0.4 is 10.2 Å². The van der Waals surface area contributed by atoms with Gasteiger partial charge in [0.15, 0.2) is 0 Å². The normalized spacial score (nSPS) is 19.8. The number of amides is 1. The summed E-state index contributed by atoms with van der Waals surface area (Å²) >= 11 is 1.19. The Kier molecular flexibility index (Phi) is 7.24. The third-order valence-electron chi connectivity index (χ3n) is 7.19. The van der Waals surface area contributed by atoms with Crippen LogP contribution in [0.5, 0.6) is 0 Å². The van der Waals surface area contributed by atoms with Gasteiger partial charge in [0.1, 0.15) is 17.7 Å². The Morgan fingerprint density at radius 1 is 1.08 bits per heavy atom. The minimum atomic E-state index is -0.665. The number of rotatable bonds is 5. The van der Waals surface area contributed by atoms with Crippen molar-refractivity contribution < 1.29 is 18.7 Å². The highest BCUT2D eigenvalue weighted by atomic mass is 32.1. The van der Waals surface area contributed by atoms with Crippen molar-refractivity contribution in [3.05, 3.63) is 64.5 Å². The fourth-order valence-electron chi connectivity index (χ4n) is 5.10. The maximum absolute atomic E-state index is 15.5. The number of aliphatic hydroxyl groups excluding tert-OH is 1. The average Bonchev–Trinajstić information content (AvgIpc) is 3.55. The molecule has 6 nitrogen and oxygen atoms in total. The molecule has 3 heterocycles. The molecule has 2 fully saturated rings. The summed E-state index contributed by atoms with van der Waals surface area (Å²) in [6, 6.07) is 13.0. The van der Waals surface area contributed by atoms with Gasteiger partial charge in [-0.05, 0) is 68.3 Å². The lowest BCUT2D eigenvalue weighted by Gasteiger charge is -2.32. The van der Waals surface area contributed by atoms with Gasteiger partial charge in [0.2, 0.25) is 0 Å². The fraction of sp³-hybridized carbons (Fsp3) is 0.357. The van der Waals surface area contributed by atoms with E-state index in [2.05, 4.69) is 5.32 Å². The second-order valence-electron chi connectivity index (χ2n) is 9.59. The first-order valence-corrected chi connectivity index (χ1v) is 13.2. The van der Waals surface area contributed by atoms with E-state index in [0.29, 0.717) is 64.7 Å². The lowest BCUT2D eigenvalue weighted by Crippen LogP contribution is -2.46. The number of nitrogens with one attached hydrogen (secondary N) is 1. The van der Waals surface area contributed by atoms with Crippen molar-refractivity contribution in [2.45, 2.75) is 31.4 Å². The number of carbonyl (C=O) groups excluding carboxylic acids is 1. The Hall–Kier alpha value is -3.32. The van der Waals surface area contributed by atoms with Crippen molar-refractivity contribution >= 4 is 22.9 Å². The molecular formula is C28H28F2N4O2S. The highest BCUT2D eigenvalue weighted by Gasteiger charge is 2.28. The third-order valence-corrected chi connectivity index (χ3v) is 8.34. The predicted octanol–water partition coefficient (Wildman–Crippen LogP) is 4.63. The first kappa shape index (κ1) is 25.3. The Balaban J connectivity index is 1.56. The average molecular weight is 523 g/mol. The number of piperidine rings is 1. The summed E-state index contributed by atoms with van der Waals surface area (Å²) in [7, 11) is 1.88. The van der Waals surface area contributed by atoms with Crippen molar-refractivity contribution in [3.63, 3.8) is 0 Å². The summed E-state index contributed by atoms with van der Waals surface area (Å²) in [4.78, 5) is 18.2. The molecule has 9 heteroatoms. The van der Waals surface area contributed by atoms with Crippen molar-refractivity contribution in [1.82, 2.24) is 10.2 Å². The molecule has 3 aromatic rings. The second kappa shape index (κ2) is 10.6. The summed E-state index contributed by atoms with van der Waals surface area (Å²) in [5.74, 6) is -1.25. The van der Waals surface area contributed by atoms with Crippen LogP contribution in [0, 0.1) is 23.0 Å². The smallest absolute Gasteiger partial charge is 0.264 e. The van der Waals surface area contributed by atoms with E-state index >= 15 is 4.39 Å². The number of nitrogens with zero attached hydrogens (tertiary/aromatic N) is 3. The topological polar surface area (TPSA) is 79.6 Å². The van der Waals surface area contributed by atoms with Gasteiger partial charge >= 0.3 is 0 Å². The van der Waals surface area contributed by atoms with E-state index < -0.39 is 17.7 Å². The van der Waals surface area contributed by atoms with Crippen LogP contribution in [0.2, 0.25) is 0 Å². The first-order valence-electron chi connectivity index (χ1n) is 12.4. The third kappa shape index (κ3) is 5.10. The van der Waals surface area contributed by atoms with Gasteiger partial charge in [-0.15, -0.1) is 11.3 Å². The summed E-state index contributed by atoms with van der Waals surface area (Å²) in [6.45, 7) is 2.34. The van der Waals surface area contributed by atoms with Crippen molar-refractivity contribution in [1.29, 1.82) is 5.26 Å². The first-order chi connectivity index (χ1) is 17.9. The quantitative estimate of drug-likeness (QED) is 0.511. The zero-order chi connectivity index (χ0) is 26.1. The van der Waals surface area contributed by atoms with Crippen LogP contribution in [0.25, 0.3) is 21.6 Å². The Morgan fingerprint density at radius 2 is 1.92 bits per heavy atom. The minimum Gasteiger partial charge on any atom is -0.391 e. The van der Waals surface area contributed by atoms with Gasteiger partial charge in [-0.3, -0.25) is 4.79 Å². The summed E-state index contributed by atoms with van der Waals surface area (Å²) in [5, 5.41) is 22.2. The van der Waals surface area contributed by atoms with E-state index in [1.807, 2.05) is 29.0 Å². The molecule has 0 bridgehead atoms. The molecule has 0 aliphatic carbocycles. The molecule has 2 aromatic carbocycles. The lowest BCUT2D eigenvalue weighted by atomic mass is 10.00. The highest BCUT2D eigenvalue weighted by molar-refractivity contribution is 7.18. The Morgan fingerprint density at radius 3 is 2.59 bits per heavy atom. The van der Waals surface area contributed by atoms with E-state index in [1.165, 1.54) is 29.5 Å². The zero-order valence-corrected chi connectivity index (χ0v) is 21.3. The number of benzene rings is 2. The second-order valence-corrected chi connectivity index (χ2v) is 10.6. The maximum Gasteiger partial charge on any atom is 0.264 e. The summed E-state index contributed by atoms with van der Waals surface area (Å²) in [5.41, 5.74) is 1.94. The van der Waals surface area contributed by atoms with Gasteiger partial charge in [0.05, 0.1) is 16.5 Å². The van der Waals surface area contributed by atoms with Crippen molar-refractivity contribution in [3.8, 4) is 27.6 Å². The Bertz CT molecular complexity index is 1370. The molecule has 0 spiro atoms. The lowest BCUT2D eigenvalue weighted by molar-refractivity contribution is 0.0703. The summed E-state index contributed by atoms with van der Waals surface area (Å²) < 4.78 is 30.1. The molecule has 2 aliphatic heterocycles. The molecule has 0 unspecified atom stereocenters. The van der Waals surface area contributed by atoms with Crippen LogP contribution in [0.3, 0.4) is 0 Å². The minimum absolute atomic E-state index is 0.0772. The molecule has 192 valence electrons. The SMILES string of the molecule is CN[C@@H]1CCCN(C(=O)c2cc(-c3ccc(C#N)c(F)c3)c(-c3ccc(N4CC[C@@H](O)C4)cc3F)s2)C1. The monoisotopic (exact) mass is 522 g/mol. The predicted molar refractivity (Wildman–Crippen MR) is 141 cm³/mol. The van der Waals surface area contributed by atoms with Gasteiger partial charge in [-0.2, -0.15) is 5.26 Å². The number of hydrogen-bond acceptors (Lipinski definition) is 6. The molecule has 0 radical (unpaired) electrons. The molecular weight excluding hydrogens is 494 g/mol. The van der Waals surface area contributed by atoms with E-state index in [-0.39, 0.29) is 17.5 Å². The number of hydrogen-bond donors (Lipinski definition) is 2. The van der Waals surface area contributed by atoms with Crippen LogP contribution in [-0.2, 0) is 0 Å². The number of anilines is 1. The van der Waals surface area contributed by atoms with E-state index in [0.717, 1.165) is 12.8 Å². The number of likely N-dealkylation sites (N-methyl/N-ethyl adjacent to an activating group) is 1.